The summed E-state index contributed by atoms with van der Waals surface area (Å²) in [5.41, 5.74) is 4.08. The standard InChI is InChI=1S/C21H18N2O3S/c1-14-7-3-5-9-18(14)22-21(24)15-11-12-19-17(13-15)16-8-4-6-10-20(16)27(25,26)23(19)2/h3-13H,1-2H3,(H,22,24). The van der Waals surface area contributed by atoms with E-state index in [1.165, 1.54) is 11.4 Å². The number of hydrogen-bond acceptors (Lipinski definition) is 3. The molecule has 1 amide bonds. The van der Waals surface area contributed by atoms with E-state index in [2.05, 4.69) is 5.32 Å². The van der Waals surface area contributed by atoms with Crippen LogP contribution in [0.15, 0.2) is 71.6 Å². The van der Waals surface area contributed by atoms with Crippen molar-refractivity contribution in [3.63, 3.8) is 0 Å². The highest BCUT2D eigenvalue weighted by Gasteiger charge is 2.32. The van der Waals surface area contributed by atoms with Crippen LogP contribution in [0.3, 0.4) is 0 Å². The summed E-state index contributed by atoms with van der Waals surface area (Å²) in [6, 6.07) is 19.5. The van der Waals surface area contributed by atoms with Crippen molar-refractivity contribution in [1.82, 2.24) is 0 Å². The maximum absolute atomic E-state index is 12.7. The Hall–Kier alpha value is -3.12. The lowest BCUT2D eigenvalue weighted by molar-refractivity contribution is 0.102. The highest BCUT2D eigenvalue weighted by atomic mass is 32.2. The first-order chi connectivity index (χ1) is 12.9. The fourth-order valence-electron chi connectivity index (χ4n) is 3.27. The molecule has 3 aromatic rings. The van der Waals surface area contributed by atoms with E-state index in [-0.39, 0.29) is 10.8 Å². The SMILES string of the molecule is Cc1ccccc1NC(=O)c1ccc2c(c1)-c1ccccc1S(=O)(=O)N2C. The molecule has 0 saturated heterocycles. The minimum absolute atomic E-state index is 0.235. The predicted molar refractivity (Wildman–Crippen MR) is 107 cm³/mol. The molecule has 1 aliphatic rings. The number of benzene rings is 3. The molecule has 0 bridgehead atoms. The number of hydrogen-bond donors (Lipinski definition) is 1. The summed E-state index contributed by atoms with van der Waals surface area (Å²) < 4.78 is 26.7. The summed E-state index contributed by atoms with van der Waals surface area (Å²) in [7, 11) is -2.06. The summed E-state index contributed by atoms with van der Waals surface area (Å²) in [5, 5.41) is 2.91. The third-order valence-electron chi connectivity index (χ3n) is 4.81. The Morgan fingerprint density at radius 1 is 0.926 bits per heavy atom. The molecule has 0 spiro atoms. The van der Waals surface area contributed by atoms with Crippen molar-refractivity contribution in [1.29, 1.82) is 0 Å². The lowest BCUT2D eigenvalue weighted by Crippen LogP contribution is -2.30. The number of para-hydroxylation sites is 1. The first-order valence-corrected chi connectivity index (χ1v) is 9.93. The number of rotatable bonds is 2. The van der Waals surface area contributed by atoms with Gasteiger partial charge in [-0.1, -0.05) is 36.4 Å². The minimum atomic E-state index is -3.59. The van der Waals surface area contributed by atoms with Crippen LogP contribution in [0.4, 0.5) is 11.4 Å². The second kappa shape index (κ2) is 6.25. The van der Waals surface area contributed by atoms with Gasteiger partial charge in [-0.3, -0.25) is 9.10 Å². The van der Waals surface area contributed by atoms with Crippen LogP contribution in [0.5, 0.6) is 0 Å². The van der Waals surface area contributed by atoms with Gasteiger partial charge in [-0.25, -0.2) is 8.42 Å². The Labute approximate surface area is 158 Å². The maximum atomic E-state index is 12.7. The second-order valence-electron chi connectivity index (χ2n) is 6.47. The van der Waals surface area contributed by atoms with Gasteiger partial charge in [0.15, 0.2) is 0 Å². The molecule has 0 saturated carbocycles. The molecule has 27 heavy (non-hydrogen) atoms. The van der Waals surface area contributed by atoms with Gasteiger partial charge in [-0.15, -0.1) is 0 Å². The summed E-state index contributed by atoms with van der Waals surface area (Å²) >= 11 is 0. The summed E-state index contributed by atoms with van der Waals surface area (Å²) in [6.07, 6.45) is 0. The van der Waals surface area contributed by atoms with Crippen molar-refractivity contribution in [2.24, 2.45) is 0 Å². The molecule has 1 aliphatic heterocycles. The lowest BCUT2D eigenvalue weighted by atomic mass is 10.00. The van der Waals surface area contributed by atoms with Crippen LogP contribution in [-0.2, 0) is 10.0 Å². The van der Waals surface area contributed by atoms with Crippen LogP contribution in [0, 0.1) is 6.92 Å². The molecule has 1 heterocycles. The number of carbonyl (C=O) groups is 1. The first kappa shape index (κ1) is 17.3. The van der Waals surface area contributed by atoms with E-state index in [0.29, 0.717) is 16.8 Å². The molecule has 0 fully saturated rings. The van der Waals surface area contributed by atoms with Crippen molar-refractivity contribution >= 4 is 27.3 Å². The van der Waals surface area contributed by atoms with E-state index in [9.17, 15) is 13.2 Å². The average molecular weight is 378 g/mol. The highest BCUT2D eigenvalue weighted by molar-refractivity contribution is 7.93. The normalized spacial score (nSPS) is 14.2. The molecule has 5 nitrogen and oxygen atoms in total. The molecule has 0 unspecified atom stereocenters. The largest absolute Gasteiger partial charge is 0.322 e. The van der Waals surface area contributed by atoms with Crippen LogP contribution in [0.2, 0.25) is 0 Å². The second-order valence-corrected chi connectivity index (χ2v) is 8.41. The van der Waals surface area contributed by atoms with Gasteiger partial charge in [0.25, 0.3) is 15.9 Å². The monoisotopic (exact) mass is 378 g/mol. The van der Waals surface area contributed by atoms with Crippen molar-refractivity contribution in [2.45, 2.75) is 11.8 Å². The van der Waals surface area contributed by atoms with E-state index in [1.807, 2.05) is 31.2 Å². The van der Waals surface area contributed by atoms with E-state index in [1.54, 1.807) is 42.5 Å². The summed E-state index contributed by atoms with van der Waals surface area (Å²) in [6.45, 7) is 1.93. The number of nitrogens with one attached hydrogen (secondary N) is 1. The van der Waals surface area contributed by atoms with Crippen LogP contribution >= 0.6 is 0 Å². The fraction of sp³-hybridized carbons (Fsp3) is 0.0952. The van der Waals surface area contributed by atoms with Gasteiger partial charge in [-0.2, -0.15) is 0 Å². The fourth-order valence-corrected chi connectivity index (χ4v) is 4.69. The topological polar surface area (TPSA) is 66.5 Å². The number of sulfonamides is 1. The van der Waals surface area contributed by atoms with E-state index >= 15 is 0 Å². The molecule has 136 valence electrons. The Bertz CT molecular complexity index is 1170. The van der Waals surface area contributed by atoms with Crippen molar-refractivity contribution < 1.29 is 13.2 Å². The third-order valence-corrected chi connectivity index (χ3v) is 6.64. The number of carbonyl (C=O) groups excluding carboxylic acids is 1. The molecule has 6 heteroatoms. The van der Waals surface area contributed by atoms with Gasteiger partial charge in [0, 0.05) is 29.4 Å². The van der Waals surface area contributed by atoms with Crippen molar-refractivity contribution in [3.8, 4) is 11.1 Å². The van der Waals surface area contributed by atoms with Gasteiger partial charge in [0.05, 0.1) is 10.6 Å². The smallest absolute Gasteiger partial charge is 0.264 e. The Balaban J connectivity index is 1.79. The van der Waals surface area contributed by atoms with Gasteiger partial charge < -0.3 is 5.32 Å². The minimum Gasteiger partial charge on any atom is -0.322 e. The lowest BCUT2D eigenvalue weighted by Gasteiger charge is -2.29. The average Bonchev–Trinajstić information content (AvgIpc) is 2.68. The van der Waals surface area contributed by atoms with Gasteiger partial charge >= 0.3 is 0 Å². The molecule has 0 atom stereocenters. The summed E-state index contributed by atoms with van der Waals surface area (Å²) in [4.78, 5) is 13.0. The number of amides is 1. The molecule has 0 radical (unpaired) electrons. The van der Waals surface area contributed by atoms with Gasteiger partial charge in [0.2, 0.25) is 0 Å². The quantitative estimate of drug-likeness (QED) is 0.731. The summed E-state index contributed by atoms with van der Waals surface area (Å²) in [5.74, 6) is -0.235. The number of anilines is 2. The van der Waals surface area contributed by atoms with Crippen LogP contribution in [0.1, 0.15) is 15.9 Å². The molecule has 0 aliphatic carbocycles. The van der Waals surface area contributed by atoms with Crippen LogP contribution in [0.25, 0.3) is 11.1 Å². The number of aryl methyl sites for hydroxylation is 1. The molecular weight excluding hydrogens is 360 g/mol. The van der Waals surface area contributed by atoms with Gasteiger partial charge in [0.1, 0.15) is 0 Å². The molecular formula is C21H18N2O3S. The van der Waals surface area contributed by atoms with E-state index in [0.717, 1.165) is 16.8 Å². The molecule has 4 rings (SSSR count). The first-order valence-electron chi connectivity index (χ1n) is 8.49. The van der Waals surface area contributed by atoms with Gasteiger partial charge in [-0.05, 0) is 42.8 Å². The third kappa shape index (κ3) is 2.78. The zero-order chi connectivity index (χ0) is 19.2. The predicted octanol–water partition coefficient (Wildman–Crippen LogP) is 4.05. The van der Waals surface area contributed by atoms with Crippen LogP contribution < -0.4 is 9.62 Å². The molecule has 3 aromatic carbocycles. The highest BCUT2D eigenvalue weighted by Crippen LogP contribution is 2.42. The van der Waals surface area contributed by atoms with Crippen LogP contribution in [-0.4, -0.2) is 21.4 Å². The number of fused-ring (bicyclic) bond motifs is 3. The van der Waals surface area contributed by atoms with E-state index < -0.39 is 10.0 Å². The Kier molecular flexibility index (Phi) is 4.00. The Morgan fingerprint density at radius 3 is 2.41 bits per heavy atom. The molecule has 0 aromatic heterocycles. The van der Waals surface area contributed by atoms with E-state index in [4.69, 9.17) is 0 Å². The zero-order valence-electron chi connectivity index (χ0n) is 14.9. The zero-order valence-corrected chi connectivity index (χ0v) is 15.7. The number of nitrogens with zero attached hydrogens (tertiary/aromatic N) is 1. The maximum Gasteiger partial charge on any atom is 0.264 e. The van der Waals surface area contributed by atoms with Crippen molar-refractivity contribution in [2.75, 3.05) is 16.7 Å². The van der Waals surface area contributed by atoms with Crippen molar-refractivity contribution in [3.05, 3.63) is 77.9 Å². The Morgan fingerprint density at radius 2 is 1.63 bits per heavy atom. The molecule has 1 N–H and O–H groups in total.